The number of methoxy groups -OCH3 is 3. The van der Waals surface area contributed by atoms with Crippen molar-refractivity contribution in [2.24, 2.45) is 4.99 Å². The van der Waals surface area contributed by atoms with Crippen LogP contribution in [-0.2, 0) is 19.4 Å². The van der Waals surface area contributed by atoms with E-state index in [1.54, 1.807) is 21.3 Å². The molecule has 0 saturated carbocycles. The van der Waals surface area contributed by atoms with E-state index in [1.165, 1.54) is 16.7 Å². The quantitative estimate of drug-likeness (QED) is 0.366. The van der Waals surface area contributed by atoms with Gasteiger partial charge in [-0.05, 0) is 47.7 Å². The minimum absolute atomic E-state index is 0. The summed E-state index contributed by atoms with van der Waals surface area (Å²) in [4.78, 5) is 6.75. The van der Waals surface area contributed by atoms with Crippen LogP contribution in [0.5, 0.6) is 17.2 Å². The van der Waals surface area contributed by atoms with Crippen molar-refractivity contribution in [1.29, 1.82) is 0 Å². The number of ether oxygens (including phenoxy) is 3. The summed E-state index contributed by atoms with van der Waals surface area (Å²) in [6.07, 6.45) is 1.82. The van der Waals surface area contributed by atoms with Crippen LogP contribution in [0.1, 0.15) is 16.7 Å². The SMILES string of the molecule is CN=C(NCCc1ccccc1OC)N1CCc2cc(OC)c(OC)cc2C1.I. The first-order valence-electron chi connectivity index (χ1n) is 9.51. The molecule has 0 unspecified atom stereocenters. The summed E-state index contributed by atoms with van der Waals surface area (Å²) in [5, 5.41) is 3.49. The molecule has 2 aromatic carbocycles. The molecular weight excluding hydrogens is 481 g/mol. The standard InChI is InChI=1S/C22H29N3O3.HI/c1-23-22(24-11-9-16-7-5-6-8-19(16)26-2)25-12-10-17-13-20(27-3)21(28-4)14-18(17)15-25;/h5-8,13-14H,9-12,15H2,1-4H3,(H,23,24);1H. The Morgan fingerprint density at radius 1 is 1.00 bits per heavy atom. The molecule has 1 heterocycles. The third-order valence-corrected chi connectivity index (χ3v) is 5.10. The van der Waals surface area contributed by atoms with Gasteiger partial charge in [-0.25, -0.2) is 0 Å². The minimum atomic E-state index is 0. The number of halogens is 1. The summed E-state index contributed by atoms with van der Waals surface area (Å²) in [6.45, 7) is 2.50. The zero-order valence-electron chi connectivity index (χ0n) is 17.5. The van der Waals surface area contributed by atoms with E-state index in [0.717, 1.165) is 55.7 Å². The molecule has 2 aromatic rings. The average Bonchev–Trinajstić information content (AvgIpc) is 2.75. The molecule has 29 heavy (non-hydrogen) atoms. The smallest absolute Gasteiger partial charge is 0.193 e. The molecule has 0 aromatic heterocycles. The van der Waals surface area contributed by atoms with E-state index < -0.39 is 0 Å². The highest BCUT2D eigenvalue weighted by atomic mass is 127. The molecule has 6 nitrogen and oxygen atoms in total. The van der Waals surface area contributed by atoms with Gasteiger partial charge in [-0.3, -0.25) is 4.99 Å². The van der Waals surface area contributed by atoms with E-state index in [1.807, 2.05) is 25.2 Å². The molecule has 0 saturated heterocycles. The van der Waals surface area contributed by atoms with E-state index >= 15 is 0 Å². The summed E-state index contributed by atoms with van der Waals surface area (Å²) in [7, 11) is 6.88. The van der Waals surface area contributed by atoms with E-state index in [-0.39, 0.29) is 24.0 Å². The third-order valence-electron chi connectivity index (χ3n) is 5.10. The highest BCUT2D eigenvalue weighted by Gasteiger charge is 2.21. The molecule has 1 aliphatic rings. The summed E-state index contributed by atoms with van der Waals surface area (Å²) in [6, 6.07) is 12.3. The lowest BCUT2D eigenvalue weighted by Crippen LogP contribution is -2.44. The first kappa shape index (κ1) is 23.1. The van der Waals surface area contributed by atoms with Gasteiger partial charge in [0.25, 0.3) is 0 Å². The Hall–Kier alpha value is -2.16. The normalized spacial score (nSPS) is 13.2. The van der Waals surface area contributed by atoms with Crippen molar-refractivity contribution in [2.75, 3.05) is 41.5 Å². The molecule has 0 radical (unpaired) electrons. The molecule has 0 fully saturated rings. The maximum Gasteiger partial charge on any atom is 0.193 e. The average molecular weight is 511 g/mol. The molecule has 0 aliphatic carbocycles. The van der Waals surface area contributed by atoms with Crippen molar-refractivity contribution in [2.45, 2.75) is 19.4 Å². The van der Waals surface area contributed by atoms with Gasteiger partial charge in [0.2, 0.25) is 0 Å². The second kappa shape index (κ2) is 11.1. The number of hydrogen-bond acceptors (Lipinski definition) is 4. The van der Waals surface area contributed by atoms with Crippen LogP contribution in [0.15, 0.2) is 41.4 Å². The van der Waals surface area contributed by atoms with Crippen molar-refractivity contribution in [1.82, 2.24) is 10.2 Å². The minimum Gasteiger partial charge on any atom is -0.496 e. The van der Waals surface area contributed by atoms with Gasteiger partial charge in [0, 0.05) is 26.7 Å². The van der Waals surface area contributed by atoms with Crippen LogP contribution >= 0.6 is 24.0 Å². The molecule has 7 heteroatoms. The topological polar surface area (TPSA) is 55.3 Å². The van der Waals surface area contributed by atoms with E-state index in [2.05, 4.69) is 33.4 Å². The number of rotatable bonds is 6. The lowest BCUT2D eigenvalue weighted by atomic mass is 9.99. The fourth-order valence-electron chi connectivity index (χ4n) is 3.61. The van der Waals surface area contributed by atoms with Gasteiger partial charge in [0.15, 0.2) is 17.5 Å². The van der Waals surface area contributed by atoms with Crippen LogP contribution in [-0.4, -0.2) is 52.3 Å². The fraction of sp³-hybridized carbons (Fsp3) is 0.409. The second-order valence-electron chi connectivity index (χ2n) is 6.68. The Labute approximate surface area is 190 Å². The molecule has 1 aliphatic heterocycles. The van der Waals surface area contributed by atoms with Crippen molar-refractivity contribution in [3.8, 4) is 17.2 Å². The Balaban J connectivity index is 0.00000300. The number of nitrogens with one attached hydrogen (secondary N) is 1. The largest absolute Gasteiger partial charge is 0.496 e. The molecular formula is C22H30IN3O3. The van der Waals surface area contributed by atoms with Gasteiger partial charge in [-0.15, -0.1) is 24.0 Å². The van der Waals surface area contributed by atoms with E-state index in [0.29, 0.717) is 0 Å². The van der Waals surface area contributed by atoms with Crippen molar-refractivity contribution in [3.05, 3.63) is 53.1 Å². The van der Waals surface area contributed by atoms with E-state index in [4.69, 9.17) is 14.2 Å². The highest BCUT2D eigenvalue weighted by Crippen LogP contribution is 2.33. The second-order valence-corrected chi connectivity index (χ2v) is 6.68. The zero-order chi connectivity index (χ0) is 19.9. The maximum absolute atomic E-state index is 5.46. The van der Waals surface area contributed by atoms with Crippen LogP contribution in [0.2, 0.25) is 0 Å². The lowest BCUT2D eigenvalue weighted by Gasteiger charge is -2.32. The van der Waals surface area contributed by atoms with Crippen molar-refractivity contribution < 1.29 is 14.2 Å². The van der Waals surface area contributed by atoms with Crippen LogP contribution in [0, 0.1) is 0 Å². The summed E-state index contributed by atoms with van der Waals surface area (Å²) in [5.41, 5.74) is 3.74. The number of nitrogens with zero attached hydrogens (tertiary/aromatic N) is 2. The lowest BCUT2D eigenvalue weighted by molar-refractivity contribution is 0.346. The maximum atomic E-state index is 5.46. The molecule has 0 bridgehead atoms. The summed E-state index contributed by atoms with van der Waals surface area (Å²) in [5.74, 6) is 3.39. The van der Waals surface area contributed by atoms with Gasteiger partial charge in [0.1, 0.15) is 5.75 Å². The predicted molar refractivity (Wildman–Crippen MR) is 127 cm³/mol. The van der Waals surface area contributed by atoms with E-state index in [9.17, 15) is 0 Å². The Morgan fingerprint density at radius 2 is 1.66 bits per heavy atom. The molecule has 3 rings (SSSR count). The van der Waals surface area contributed by atoms with Gasteiger partial charge in [-0.2, -0.15) is 0 Å². The van der Waals surface area contributed by atoms with Gasteiger partial charge in [0.05, 0.1) is 21.3 Å². The van der Waals surface area contributed by atoms with Crippen LogP contribution in [0.25, 0.3) is 0 Å². The highest BCUT2D eigenvalue weighted by molar-refractivity contribution is 14.0. The van der Waals surface area contributed by atoms with Crippen molar-refractivity contribution >= 4 is 29.9 Å². The molecule has 0 atom stereocenters. The number of benzene rings is 2. The molecule has 158 valence electrons. The Morgan fingerprint density at radius 3 is 2.31 bits per heavy atom. The molecule has 0 amide bonds. The number of para-hydroxylation sites is 1. The first-order valence-corrected chi connectivity index (χ1v) is 9.51. The fourth-order valence-corrected chi connectivity index (χ4v) is 3.61. The Kier molecular flexibility index (Phi) is 8.88. The van der Waals surface area contributed by atoms with Crippen molar-refractivity contribution in [3.63, 3.8) is 0 Å². The van der Waals surface area contributed by atoms with Crippen LogP contribution < -0.4 is 19.5 Å². The van der Waals surface area contributed by atoms with Crippen LogP contribution in [0.4, 0.5) is 0 Å². The van der Waals surface area contributed by atoms with Crippen LogP contribution in [0.3, 0.4) is 0 Å². The number of fused-ring (bicyclic) bond motifs is 1. The third kappa shape index (κ3) is 5.46. The first-order chi connectivity index (χ1) is 13.7. The zero-order valence-corrected chi connectivity index (χ0v) is 19.9. The number of hydrogen-bond donors (Lipinski definition) is 1. The molecule has 0 spiro atoms. The monoisotopic (exact) mass is 511 g/mol. The summed E-state index contributed by atoms with van der Waals surface area (Å²) >= 11 is 0. The Bertz CT molecular complexity index is 842. The number of aliphatic imine (C=N–C) groups is 1. The van der Waals surface area contributed by atoms with Gasteiger partial charge >= 0.3 is 0 Å². The van der Waals surface area contributed by atoms with Gasteiger partial charge < -0.3 is 24.4 Å². The predicted octanol–water partition coefficient (Wildman–Crippen LogP) is 3.51. The summed E-state index contributed by atoms with van der Waals surface area (Å²) < 4.78 is 16.3. The van der Waals surface area contributed by atoms with Gasteiger partial charge in [-0.1, -0.05) is 18.2 Å². The number of guanidine groups is 1. The molecule has 1 N–H and O–H groups in total.